The molecule has 20 heavy (non-hydrogen) atoms. The summed E-state index contributed by atoms with van der Waals surface area (Å²) in [6.07, 6.45) is 2.41. The molecule has 0 unspecified atom stereocenters. The summed E-state index contributed by atoms with van der Waals surface area (Å²) >= 11 is 0. The van der Waals surface area contributed by atoms with Crippen LogP contribution in [0.4, 0.5) is 5.69 Å². The summed E-state index contributed by atoms with van der Waals surface area (Å²) in [4.78, 5) is 11.8. The molecule has 1 aromatic heterocycles. The molecule has 0 bridgehead atoms. The van der Waals surface area contributed by atoms with Gasteiger partial charge in [0.2, 0.25) is 0 Å². The van der Waals surface area contributed by atoms with Crippen LogP contribution in [0.5, 0.6) is 5.75 Å². The fraction of sp³-hybridized carbons (Fsp3) is 0.333. The smallest absolute Gasteiger partial charge is 0.268 e. The molecule has 5 nitrogen and oxygen atoms in total. The van der Waals surface area contributed by atoms with E-state index in [-0.39, 0.29) is 5.56 Å². The molecule has 0 fully saturated rings. The standard InChI is InChI=1S/C15H19N3O2/c1-2-16-13-11-15(19)18(17-12-13)9-6-10-20-14-7-4-3-5-8-14/h3-5,7-8,11-12,16H,2,6,9-10H2,1H3. The quantitative estimate of drug-likeness (QED) is 0.785. The first-order chi connectivity index (χ1) is 9.79. The second-order valence-corrected chi connectivity index (χ2v) is 4.35. The minimum Gasteiger partial charge on any atom is -0.494 e. The lowest BCUT2D eigenvalue weighted by Crippen LogP contribution is -2.23. The molecule has 5 heteroatoms. The Balaban J connectivity index is 1.81. The number of aromatic nitrogens is 2. The van der Waals surface area contributed by atoms with E-state index >= 15 is 0 Å². The Bertz CT molecular complexity index is 581. The highest BCUT2D eigenvalue weighted by Gasteiger charge is 2.00. The predicted octanol–water partition coefficient (Wildman–Crippen LogP) is 2.14. The van der Waals surface area contributed by atoms with Crippen LogP contribution in [0.25, 0.3) is 0 Å². The van der Waals surface area contributed by atoms with Gasteiger partial charge in [-0.3, -0.25) is 4.79 Å². The van der Waals surface area contributed by atoms with Crippen molar-refractivity contribution in [3.05, 3.63) is 52.9 Å². The van der Waals surface area contributed by atoms with Gasteiger partial charge in [0.25, 0.3) is 5.56 Å². The van der Waals surface area contributed by atoms with Gasteiger partial charge in [-0.25, -0.2) is 4.68 Å². The molecule has 0 amide bonds. The minimum atomic E-state index is -0.0943. The number of nitrogens with one attached hydrogen (secondary N) is 1. The van der Waals surface area contributed by atoms with Crippen molar-refractivity contribution in [3.63, 3.8) is 0 Å². The normalized spacial score (nSPS) is 10.2. The maximum absolute atomic E-state index is 11.8. The largest absolute Gasteiger partial charge is 0.494 e. The van der Waals surface area contributed by atoms with Crippen molar-refractivity contribution in [2.75, 3.05) is 18.5 Å². The van der Waals surface area contributed by atoms with Crippen LogP contribution in [0.3, 0.4) is 0 Å². The number of para-hydroxylation sites is 1. The first kappa shape index (κ1) is 14.1. The Kier molecular flexibility index (Phi) is 5.17. The van der Waals surface area contributed by atoms with Crippen molar-refractivity contribution in [2.45, 2.75) is 19.9 Å². The summed E-state index contributed by atoms with van der Waals surface area (Å²) in [7, 11) is 0. The van der Waals surface area contributed by atoms with Gasteiger partial charge in [0.05, 0.1) is 18.5 Å². The molecule has 0 aliphatic carbocycles. The lowest BCUT2D eigenvalue weighted by molar-refractivity contribution is 0.297. The molecule has 1 N–H and O–H groups in total. The topological polar surface area (TPSA) is 56.1 Å². The molecule has 0 saturated carbocycles. The minimum absolute atomic E-state index is 0.0943. The van der Waals surface area contributed by atoms with Crippen LogP contribution in [-0.2, 0) is 6.54 Å². The average molecular weight is 273 g/mol. The number of rotatable bonds is 7. The van der Waals surface area contributed by atoms with E-state index in [1.807, 2.05) is 37.3 Å². The van der Waals surface area contributed by atoms with Gasteiger partial charge < -0.3 is 10.1 Å². The average Bonchev–Trinajstić information content (AvgIpc) is 2.47. The molecule has 0 atom stereocenters. The van der Waals surface area contributed by atoms with Gasteiger partial charge >= 0.3 is 0 Å². The van der Waals surface area contributed by atoms with Gasteiger partial charge in [-0.2, -0.15) is 5.10 Å². The molecule has 2 rings (SSSR count). The fourth-order valence-electron chi connectivity index (χ4n) is 1.82. The number of hydrogen-bond donors (Lipinski definition) is 1. The maximum atomic E-state index is 11.8. The Morgan fingerprint density at radius 2 is 2.10 bits per heavy atom. The van der Waals surface area contributed by atoms with Crippen molar-refractivity contribution in [1.82, 2.24) is 9.78 Å². The molecule has 2 aromatic rings. The molecule has 1 heterocycles. The summed E-state index contributed by atoms with van der Waals surface area (Å²) in [5, 5.41) is 7.19. The van der Waals surface area contributed by atoms with Crippen LogP contribution in [0, 0.1) is 0 Å². The molecule has 106 valence electrons. The van der Waals surface area contributed by atoms with Gasteiger partial charge in [0.1, 0.15) is 5.75 Å². The molecule has 1 aromatic carbocycles. The monoisotopic (exact) mass is 273 g/mol. The van der Waals surface area contributed by atoms with E-state index < -0.39 is 0 Å². The zero-order valence-corrected chi connectivity index (χ0v) is 11.6. The summed E-state index contributed by atoms with van der Waals surface area (Å²) in [6, 6.07) is 11.2. The summed E-state index contributed by atoms with van der Waals surface area (Å²) in [5.41, 5.74) is 0.664. The van der Waals surface area contributed by atoms with Gasteiger partial charge in [0, 0.05) is 25.6 Å². The van der Waals surface area contributed by atoms with E-state index in [9.17, 15) is 4.79 Å². The molecular formula is C15H19N3O2. The van der Waals surface area contributed by atoms with E-state index in [4.69, 9.17) is 4.74 Å². The van der Waals surface area contributed by atoms with E-state index in [0.717, 1.165) is 24.4 Å². The lowest BCUT2D eigenvalue weighted by Gasteiger charge is -2.08. The first-order valence-electron chi connectivity index (χ1n) is 6.78. The van der Waals surface area contributed by atoms with Crippen LogP contribution in [0.2, 0.25) is 0 Å². The van der Waals surface area contributed by atoms with E-state index in [2.05, 4.69) is 10.4 Å². The second-order valence-electron chi connectivity index (χ2n) is 4.35. The summed E-state index contributed by atoms with van der Waals surface area (Å²) in [6.45, 7) is 3.87. The van der Waals surface area contributed by atoms with Crippen LogP contribution in [-0.4, -0.2) is 22.9 Å². The van der Waals surface area contributed by atoms with Crippen molar-refractivity contribution < 1.29 is 4.74 Å². The third kappa shape index (κ3) is 4.12. The predicted molar refractivity (Wildman–Crippen MR) is 79.2 cm³/mol. The Morgan fingerprint density at radius 1 is 1.30 bits per heavy atom. The molecule has 0 saturated heterocycles. The third-order valence-corrected chi connectivity index (χ3v) is 2.78. The van der Waals surface area contributed by atoms with Crippen molar-refractivity contribution in [3.8, 4) is 5.75 Å². The van der Waals surface area contributed by atoms with E-state index in [1.54, 1.807) is 12.3 Å². The van der Waals surface area contributed by atoms with Crippen LogP contribution >= 0.6 is 0 Å². The van der Waals surface area contributed by atoms with Crippen LogP contribution in [0.15, 0.2) is 47.4 Å². The van der Waals surface area contributed by atoms with E-state index in [0.29, 0.717) is 13.2 Å². The first-order valence-corrected chi connectivity index (χ1v) is 6.78. The van der Waals surface area contributed by atoms with Crippen molar-refractivity contribution in [2.24, 2.45) is 0 Å². The SMILES string of the molecule is CCNc1cnn(CCCOc2ccccc2)c(=O)c1. The lowest BCUT2D eigenvalue weighted by atomic mass is 10.3. The summed E-state index contributed by atoms with van der Waals surface area (Å²) < 4.78 is 7.03. The van der Waals surface area contributed by atoms with Gasteiger partial charge in [-0.1, -0.05) is 18.2 Å². The number of aryl methyl sites for hydroxylation is 1. The van der Waals surface area contributed by atoms with Gasteiger partial charge in [-0.15, -0.1) is 0 Å². The Morgan fingerprint density at radius 3 is 2.80 bits per heavy atom. The van der Waals surface area contributed by atoms with Gasteiger partial charge in [0.15, 0.2) is 0 Å². The number of nitrogens with zero attached hydrogens (tertiary/aromatic N) is 2. The van der Waals surface area contributed by atoms with Crippen molar-refractivity contribution in [1.29, 1.82) is 0 Å². The number of hydrogen-bond acceptors (Lipinski definition) is 4. The van der Waals surface area contributed by atoms with Crippen molar-refractivity contribution >= 4 is 5.69 Å². The Labute approximate surface area is 118 Å². The number of ether oxygens (including phenoxy) is 1. The highest BCUT2D eigenvalue weighted by Crippen LogP contribution is 2.08. The molecule has 0 spiro atoms. The van der Waals surface area contributed by atoms with Gasteiger partial charge in [-0.05, 0) is 19.1 Å². The Hall–Kier alpha value is -2.30. The number of anilines is 1. The van der Waals surface area contributed by atoms with Crippen LogP contribution < -0.4 is 15.6 Å². The second kappa shape index (κ2) is 7.33. The van der Waals surface area contributed by atoms with E-state index in [1.165, 1.54) is 4.68 Å². The highest BCUT2D eigenvalue weighted by molar-refractivity contribution is 5.38. The molecule has 0 radical (unpaired) electrons. The third-order valence-electron chi connectivity index (χ3n) is 2.78. The molecular weight excluding hydrogens is 254 g/mol. The maximum Gasteiger partial charge on any atom is 0.268 e. The van der Waals surface area contributed by atoms with Crippen LogP contribution in [0.1, 0.15) is 13.3 Å². The summed E-state index contributed by atoms with van der Waals surface area (Å²) in [5.74, 6) is 0.843. The fourth-order valence-corrected chi connectivity index (χ4v) is 1.82. The molecule has 0 aliphatic heterocycles. The highest BCUT2D eigenvalue weighted by atomic mass is 16.5. The number of benzene rings is 1. The zero-order valence-electron chi connectivity index (χ0n) is 11.6. The molecule has 0 aliphatic rings. The zero-order chi connectivity index (χ0) is 14.2.